The molecule has 0 saturated carbocycles. The maximum absolute atomic E-state index is 5.71. The maximum Gasteiger partial charge on any atom is 0.191 e. The Bertz CT molecular complexity index is 676. The number of aryl methyl sites for hydroxylation is 2. The van der Waals surface area contributed by atoms with Crippen LogP contribution < -0.4 is 10.6 Å². The molecule has 5 nitrogen and oxygen atoms in total. The largest absolute Gasteiger partial charge is 0.381 e. The van der Waals surface area contributed by atoms with Gasteiger partial charge in [-0.1, -0.05) is 30.3 Å². The number of hydrogen-bond acceptors (Lipinski definition) is 4. The summed E-state index contributed by atoms with van der Waals surface area (Å²) < 4.78 is 5.71. The molecule has 0 aliphatic heterocycles. The van der Waals surface area contributed by atoms with E-state index in [2.05, 4.69) is 51.8 Å². The minimum absolute atomic E-state index is 0. The molecule has 7 heteroatoms. The van der Waals surface area contributed by atoms with E-state index < -0.39 is 0 Å². The van der Waals surface area contributed by atoms with E-state index in [0.29, 0.717) is 0 Å². The van der Waals surface area contributed by atoms with Crippen LogP contribution in [0.15, 0.2) is 35.3 Å². The number of unbranched alkanes of at least 4 members (excludes halogenated alkanes) is 1. The van der Waals surface area contributed by atoms with Crippen LogP contribution in [0.25, 0.3) is 0 Å². The van der Waals surface area contributed by atoms with Crippen LogP contribution in [0.4, 0.5) is 0 Å². The minimum atomic E-state index is 0. The number of thiazole rings is 1. The van der Waals surface area contributed by atoms with Gasteiger partial charge in [0.1, 0.15) is 0 Å². The molecule has 0 saturated heterocycles. The fourth-order valence-electron chi connectivity index (χ4n) is 2.59. The summed E-state index contributed by atoms with van der Waals surface area (Å²) in [6, 6.07) is 10.5. The number of guanidine groups is 1. The Labute approximate surface area is 184 Å². The molecule has 2 N–H and O–H groups in total. The summed E-state index contributed by atoms with van der Waals surface area (Å²) >= 11 is 1.73. The third-order valence-electron chi connectivity index (χ3n) is 4.03. The molecule has 0 atom stereocenters. The van der Waals surface area contributed by atoms with E-state index in [4.69, 9.17) is 4.74 Å². The Morgan fingerprint density at radius 1 is 1.11 bits per heavy atom. The second-order valence-corrected chi connectivity index (χ2v) is 7.44. The molecular weight excluding hydrogens is 471 g/mol. The molecule has 2 aromatic rings. The predicted molar refractivity (Wildman–Crippen MR) is 125 cm³/mol. The van der Waals surface area contributed by atoms with E-state index in [1.165, 1.54) is 10.4 Å². The van der Waals surface area contributed by atoms with Crippen molar-refractivity contribution in [2.24, 2.45) is 4.99 Å². The zero-order chi connectivity index (χ0) is 18.6. The second-order valence-electron chi connectivity index (χ2n) is 6.15. The minimum Gasteiger partial charge on any atom is -0.381 e. The first kappa shape index (κ1) is 23.8. The number of aromatic nitrogens is 1. The van der Waals surface area contributed by atoms with Crippen LogP contribution in [0.5, 0.6) is 0 Å². The Hall–Kier alpha value is -1.19. The van der Waals surface area contributed by atoms with Crippen LogP contribution in [0.1, 0.15) is 34.0 Å². The van der Waals surface area contributed by atoms with Crippen molar-refractivity contribution in [3.8, 4) is 0 Å². The first-order valence-electron chi connectivity index (χ1n) is 9.18. The molecule has 27 heavy (non-hydrogen) atoms. The zero-order valence-corrected chi connectivity index (χ0v) is 19.6. The van der Waals surface area contributed by atoms with Gasteiger partial charge in [0.15, 0.2) is 5.96 Å². The van der Waals surface area contributed by atoms with Gasteiger partial charge in [0.25, 0.3) is 0 Å². The quantitative estimate of drug-likeness (QED) is 0.223. The van der Waals surface area contributed by atoms with Crippen molar-refractivity contribution in [3.63, 3.8) is 0 Å². The fourth-order valence-corrected chi connectivity index (χ4v) is 3.47. The Kier molecular flexibility index (Phi) is 12.3. The second kappa shape index (κ2) is 13.9. The van der Waals surface area contributed by atoms with Crippen LogP contribution in [0.2, 0.25) is 0 Å². The summed E-state index contributed by atoms with van der Waals surface area (Å²) in [5.74, 6) is 0.834. The smallest absolute Gasteiger partial charge is 0.191 e. The topological polar surface area (TPSA) is 58.5 Å². The van der Waals surface area contributed by atoms with Gasteiger partial charge in [0.2, 0.25) is 0 Å². The Balaban J connectivity index is 0.00000364. The van der Waals surface area contributed by atoms with Crippen molar-refractivity contribution in [3.05, 3.63) is 51.5 Å². The Morgan fingerprint density at radius 3 is 2.56 bits per heavy atom. The standard InChI is InChI=1S/C20H30N4OS.HI/c1-16-19(26-17(2)24-16)15-23-20(21-3)22-12-7-8-13-25-14-11-18-9-5-4-6-10-18;/h4-6,9-10H,7-8,11-15H2,1-3H3,(H2,21,22,23);1H. The van der Waals surface area contributed by atoms with Gasteiger partial charge in [-0.3, -0.25) is 4.99 Å². The fraction of sp³-hybridized carbons (Fsp3) is 0.500. The van der Waals surface area contributed by atoms with Gasteiger partial charge in [-0.15, -0.1) is 35.3 Å². The monoisotopic (exact) mass is 502 g/mol. The van der Waals surface area contributed by atoms with Crippen molar-refractivity contribution >= 4 is 41.3 Å². The van der Waals surface area contributed by atoms with Gasteiger partial charge in [-0.05, 0) is 38.7 Å². The molecule has 0 spiro atoms. The van der Waals surface area contributed by atoms with Crippen molar-refractivity contribution < 1.29 is 4.74 Å². The van der Waals surface area contributed by atoms with E-state index in [0.717, 1.165) is 62.2 Å². The number of benzene rings is 1. The molecule has 0 unspecified atom stereocenters. The first-order valence-corrected chi connectivity index (χ1v) is 10.00. The lowest BCUT2D eigenvalue weighted by Gasteiger charge is -2.11. The zero-order valence-electron chi connectivity index (χ0n) is 16.5. The highest BCUT2D eigenvalue weighted by Crippen LogP contribution is 2.16. The number of hydrogen-bond donors (Lipinski definition) is 2. The van der Waals surface area contributed by atoms with Crippen molar-refractivity contribution in [1.82, 2.24) is 15.6 Å². The van der Waals surface area contributed by atoms with E-state index in [1.54, 1.807) is 18.4 Å². The summed E-state index contributed by atoms with van der Waals surface area (Å²) in [6.45, 7) is 7.33. The Morgan fingerprint density at radius 2 is 1.89 bits per heavy atom. The van der Waals surface area contributed by atoms with Gasteiger partial charge in [0, 0.05) is 25.1 Å². The van der Waals surface area contributed by atoms with Crippen molar-refractivity contribution in [1.29, 1.82) is 0 Å². The van der Waals surface area contributed by atoms with E-state index in [1.807, 2.05) is 13.0 Å². The maximum atomic E-state index is 5.71. The number of nitrogens with one attached hydrogen (secondary N) is 2. The molecule has 1 aromatic heterocycles. The summed E-state index contributed by atoms with van der Waals surface area (Å²) in [4.78, 5) is 9.98. The number of ether oxygens (including phenoxy) is 1. The van der Waals surface area contributed by atoms with E-state index in [9.17, 15) is 0 Å². The highest BCUT2D eigenvalue weighted by atomic mass is 127. The summed E-state index contributed by atoms with van der Waals surface area (Å²) in [5, 5.41) is 7.80. The molecule has 0 amide bonds. The van der Waals surface area contributed by atoms with Gasteiger partial charge < -0.3 is 15.4 Å². The number of rotatable bonds is 10. The molecular formula is C20H31IN4OS. The lowest BCUT2D eigenvalue weighted by atomic mass is 10.2. The van der Waals surface area contributed by atoms with Crippen molar-refractivity contribution in [2.75, 3.05) is 26.8 Å². The number of halogens is 1. The van der Waals surface area contributed by atoms with E-state index in [-0.39, 0.29) is 24.0 Å². The third kappa shape index (κ3) is 9.53. The first-order chi connectivity index (χ1) is 12.7. The van der Waals surface area contributed by atoms with Gasteiger partial charge >= 0.3 is 0 Å². The lowest BCUT2D eigenvalue weighted by Crippen LogP contribution is -2.37. The predicted octanol–water partition coefficient (Wildman–Crippen LogP) is 4.08. The van der Waals surface area contributed by atoms with Gasteiger partial charge in [-0.2, -0.15) is 0 Å². The van der Waals surface area contributed by atoms with Crippen LogP contribution >= 0.6 is 35.3 Å². The summed E-state index contributed by atoms with van der Waals surface area (Å²) in [7, 11) is 1.80. The molecule has 0 aliphatic carbocycles. The molecule has 0 radical (unpaired) electrons. The van der Waals surface area contributed by atoms with Gasteiger partial charge in [0.05, 0.1) is 23.9 Å². The van der Waals surface area contributed by atoms with E-state index >= 15 is 0 Å². The average molecular weight is 502 g/mol. The summed E-state index contributed by atoms with van der Waals surface area (Å²) in [5.41, 5.74) is 2.43. The normalized spacial score (nSPS) is 11.1. The highest BCUT2D eigenvalue weighted by molar-refractivity contribution is 14.0. The molecule has 0 bridgehead atoms. The highest BCUT2D eigenvalue weighted by Gasteiger charge is 2.05. The molecule has 150 valence electrons. The van der Waals surface area contributed by atoms with Crippen LogP contribution in [0.3, 0.4) is 0 Å². The van der Waals surface area contributed by atoms with Gasteiger partial charge in [-0.25, -0.2) is 4.98 Å². The summed E-state index contributed by atoms with van der Waals surface area (Å²) in [6.07, 6.45) is 3.09. The van der Waals surface area contributed by atoms with Crippen LogP contribution in [-0.4, -0.2) is 37.7 Å². The SMILES string of the molecule is CN=C(NCCCCOCCc1ccccc1)NCc1sc(C)nc1C.I. The van der Waals surface area contributed by atoms with Crippen LogP contribution in [-0.2, 0) is 17.7 Å². The van der Waals surface area contributed by atoms with Crippen LogP contribution in [0, 0.1) is 13.8 Å². The number of nitrogens with zero attached hydrogens (tertiary/aromatic N) is 2. The molecule has 1 heterocycles. The molecule has 0 fully saturated rings. The van der Waals surface area contributed by atoms with Crippen molar-refractivity contribution in [2.45, 2.75) is 39.7 Å². The molecule has 2 rings (SSSR count). The number of aliphatic imine (C=N–C) groups is 1. The average Bonchev–Trinajstić information content (AvgIpc) is 2.98. The molecule has 1 aromatic carbocycles. The lowest BCUT2D eigenvalue weighted by molar-refractivity contribution is 0.133. The molecule has 0 aliphatic rings. The third-order valence-corrected chi connectivity index (χ3v) is 5.10.